The topological polar surface area (TPSA) is 20.3 Å². The molecule has 3 heteroatoms. The van der Waals surface area contributed by atoms with Gasteiger partial charge in [0, 0.05) is 18.5 Å². The molecule has 94 valence electrons. The Balaban J connectivity index is 3.14. The number of aryl methyl sites for hydroxylation is 2. The van der Waals surface area contributed by atoms with Crippen LogP contribution in [0.5, 0.6) is 0 Å². The van der Waals surface area contributed by atoms with Gasteiger partial charge in [-0.1, -0.05) is 18.2 Å². The Labute approximate surface area is 109 Å². The van der Waals surface area contributed by atoms with Gasteiger partial charge in [0.2, 0.25) is 0 Å². The van der Waals surface area contributed by atoms with Gasteiger partial charge in [0.15, 0.2) is 0 Å². The number of rotatable bonds is 3. The number of hydrogen-bond acceptors (Lipinski definition) is 1. The molecule has 1 amide bonds. The van der Waals surface area contributed by atoms with Gasteiger partial charge in [-0.2, -0.15) is 0 Å². The van der Waals surface area contributed by atoms with Gasteiger partial charge in [-0.15, -0.1) is 11.6 Å². The van der Waals surface area contributed by atoms with E-state index >= 15 is 0 Å². The molecule has 1 rings (SSSR count). The summed E-state index contributed by atoms with van der Waals surface area (Å²) in [5, 5.41) is 0. The minimum Gasteiger partial charge on any atom is -0.335 e. The zero-order chi connectivity index (χ0) is 13.2. The van der Waals surface area contributed by atoms with Gasteiger partial charge in [-0.3, -0.25) is 4.79 Å². The summed E-state index contributed by atoms with van der Waals surface area (Å²) in [6.45, 7) is 7.85. The summed E-state index contributed by atoms with van der Waals surface area (Å²) in [5.41, 5.74) is 2.46. The first-order valence-electron chi connectivity index (χ1n) is 5.71. The molecule has 1 aromatic rings. The van der Waals surface area contributed by atoms with Crippen LogP contribution < -0.4 is 0 Å². The number of nitrogens with zero attached hydrogens (tertiary/aromatic N) is 1. The minimum absolute atomic E-state index is 0.0336. The van der Waals surface area contributed by atoms with Crippen LogP contribution in [0.15, 0.2) is 18.2 Å². The first-order chi connectivity index (χ1) is 7.81. The summed E-state index contributed by atoms with van der Waals surface area (Å²) >= 11 is 5.91. The summed E-state index contributed by atoms with van der Waals surface area (Å²) in [7, 11) is 1.80. The van der Waals surface area contributed by atoms with Crippen molar-refractivity contribution in [2.24, 2.45) is 0 Å². The molecule has 0 aliphatic heterocycles. The number of halogens is 1. The Morgan fingerprint density at radius 3 is 2.18 bits per heavy atom. The highest BCUT2D eigenvalue weighted by molar-refractivity contribution is 6.18. The molecule has 0 saturated carbocycles. The van der Waals surface area contributed by atoms with Gasteiger partial charge < -0.3 is 4.90 Å². The quantitative estimate of drug-likeness (QED) is 0.757. The van der Waals surface area contributed by atoms with E-state index in [1.54, 1.807) is 11.9 Å². The second-order valence-electron chi connectivity index (χ2n) is 5.08. The molecular weight excluding hydrogens is 234 g/mol. The van der Waals surface area contributed by atoms with Crippen molar-refractivity contribution in [2.45, 2.75) is 33.2 Å². The molecule has 0 atom stereocenters. The van der Waals surface area contributed by atoms with Crippen LogP contribution in [0.3, 0.4) is 0 Å². The zero-order valence-electron chi connectivity index (χ0n) is 11.2. The predicted octanol–water partition coefficient (Wildman–Crippen LogP) is 3.39. The van der Waals surface area contributed by atoms with Gasteiger partial charge in [0.1, 0.15) is 0 Å². The van der Waals surface area contributed by atoms with E-state index in [4.69, 9.17) is 11.6 Å². The molecule has 0 heterocycles. The molecule has 0 aliphatic rings. The molecule has 0 saturated heterocycles. The molecule has 0 aliphatic carbocycles. The normalized spacial score (nSPS) is 11.4. The second-order valence-corrected chi connectivity index (χ2v) is 5.34. The van der Waals surface area contributed by atoms with E-state index in [1.165, 1.54) is 0 Å². The lowest BCUT2D eigenvalue weighted by Gasteiger charge is -2.34. The smallest absolute Gasteiger partial charge is 0.254 e. The van der Waals surface area contributed by atoms with Gasteiger partial charge in [-0.05, 0) is 38.8 Å². The minimum atomic E-state index is -0.340. The largest absolute Gasteiger partial charge is 0.335 e. The van der Waals surface area contributed by atoms with E-state index in [9.17, 15) is 4.79 Å². The van der Waals surface area contributed by atoms with Crippen LogP contribution in [0, 0.1) is 13.8 Å². The van der Waals surface area contributed by atoms with E-state index < -0.39 is 0 Å². The van der Waals surface area contributed by atoms with Gasteiger partial charge in [0.25, 0.3) is 5.91 Å². The molecule has 0 aromatic heterocycles. The summed E-state index contributed by atoms with van der Waals surface area (Å²) in [5.74, 6) is 0.450. The molecule has 0 N–H and O–H groups in total. The van der Waals surface area contributed by atoms with Crippen LogP contribution in [0.4, 0.5) is 0 Å². The van der Waals surface area contributed by atoms with Crippen molar-refractivity contribution in [1.29, 1.82) is 0 Å². The van der Waals surface area contributed by atoms with E-state index in [0.717, 1.165) is 16.7 Å². The highest BCUT2D eigenvalue weighted by atomic mass is 35.5. The van der Waals surface area contributed by atoms with Crippen molar-refractivity contribution in [2.75, 3.05) is 12.9 Å². The number of alkyl halides is 1. The lowest BCUT2D eigenvalue weighted by molar-refractivity contribution is 0.0658. The van der Waals surface area contributed by atoms with Crippen molar-refractivity contribution in [3.8, 4) is 0 Å². The molecule has 17 heavy (non-hydrogen) atoms. The van der Waals surface area contributed by atoms with Crippen molar-refractivity contribution in [3.05, 3.63) is 34.9 Å². The van der Waals surface area contributed by atoms with Crippen LogP contribution in [-0.2, 0) is 0 Å². The highest BCUT2D eigenvalue weighted by Gasteiger charge is 2.28. The van der Waals surface area contributed by atoms with Gasteiger partial charge in [-0.25, -0.2) is 0 Å². The Hall–Kier alpha value is -1.02. The Bertz CT molecular complexity index is 406. The molecule has 0 bridgehead atoms. The molecule has 0 spiro atoms. The zero-order valence-corrected chi connectivity index (χ0v) is 11.9. The summed E-state index contributed by atoms with van der Waals surface area (Å²) in [4.78, 5) is 14.2. The van der Waals surface area contributed by atoms with E-state index in [2.05, 4.69) is 0 Å². The van der Waals surface area contributed by atoms with E-state index in [1.807, 2.05) is 45.9 Å². The van der Waals surface area contributed by atoms with Crippen LogP contribution in [0.2, 0.25) is 0 Å². The molecular formula is C14H20ClNO. The fourth-order valence-corrected chi connectivity index (χ4v) is 1.86. The summed E-state index contributed by atoms with van der Waals surface area (Å²) < 4.78 is 0. The fourth-order valence-electron chi connectivity index (χ4n) is 1.68. The third kappa shape index (κ3) is 2.81. The van der Waals surface area contributed by atoms with Crippen molar-refractivity contribution < 1.29 is 4.79 Å². The monoisotopic (exact) mass is 253 g/mol. The second kappa shape index (κ2) is 5.09. The Kier molecular flexibility index (Phi) is 4.21. The Morgan fingerprint density at radius 1 is 1.29 bits per heavy atom. The van der Waals surface area contributed by atoms with E-state index in [-0.39, 0.29) is 11.4 Å². The summed E-state index contributed by atoms with van der Waals surface area (Å²) in [6, 6.07) is 5.89. The maximum absolute atomic E-state index is 12.5. The molecule has 0 fully saturated rings. The fraction of sp³-hybridized carbons (Fsp3) is 0.500. The molecule has 1 aromatic carbocycles. The number of carbonyl (C=O) groups excluding carboxylic acids is 1. The average molecular weight is 254 g/mol. The number of amides is 1. The highest BCUT2D eigenvalue weighted by Crippen LogP contribution is 2.21. The Morgan fingerprint density at radius 2 is 1.76 bits per heavy atom. The van der Waals surface area contributed by atoms with Gasteiger partial charge in [0.05, 0.1) is 5.54 Å². The van der Waals surface area contributed by atoms with Crippen LogP contribution >= 0.6 is 11.6 Å². The number of hydrogen-bond donors (Lipinski definition) is 0. The van der Waals surface area contributed by atoms with E-state index in [0.29, 0.717) is 5.88 Å². The third-order valence-electron chi connectivity index (χ3n) is 3.23. The maximum atomic E-state index is 12.5. The van der Waals surface area contributed by atoms with Crippen molar-refractivity contribution in [3.63, 3.8) is 0 Å². The maximum Gasteiger partial charge on any atom is 0.254 e. The average Bonchev–Trinajstić information content (AvgIpc) is 2.27. The molecule has 2 nitrogen and oxygen atoms in total. The first kappa shape index (κ1) is 14.0. The summed E-state index contributed by atoms with van der Waals surface area (Å²) in [6.07, 6.45) is 0. The third-order valence-corrected chi connectivity index (χ3v) is 3.89. The lowest BCUT2D eigenvalue weighted by Crippen LogP contribution is -2.46. The van der Waals surface area contributed by atoms with Gasteiger partial charge >= 0.3 is 0 Å². The molecule has 0 unspecified atom stereocenters. The number of carbonyl (C=O) groups is 1. The predicted molar refractivity (Wildman–Crippen MR) is 72.8 cm³/mol. The van der Waals surface area contributed by atoms with Crippen LogP contribution in [-0.4, -0.2) is 29.3 Å². The number of benzene rings is 1. The van der Waals surface area contributed by atoms with Crippen molar-refractivity contribution >= 4 is 17.5 Å². The van der Waals surface area contributed by atoms with Crippen molar-refractivity contribution in [1.82, 2.24) is 4.90 Å². The lowest BCUT2D eigenvalue weighted by atomic mass is 9.99. The first-order valence-corrected chi connectivity index (χ1v) is 6.25. The van der Waals surface area contributed by atoms with Crippen LogP contribution in [0.25, 0.3) is 0 Å². The SMILES string of the molecule is Cc1cccc(C)c1C(=O)N(C)C(C)(C)CCl. The van der Waals surface area contributed by atoms with Crippen LogP contribution in [0.1, 0.15) is 35.3 Å². The standard InChI is InChI=1S/C14H20ClNO/c1-10-7-6-8-11(2)12(10)13(17)16(5)14(3,4)9-15/h6-8H,9H2,1-5H3. The molecule has 0 radical (unpaired) electrons.